The Morgan fingerprint density at radius 2 is 0.662 bits per heavy atom. The molecule has 1 nitrogen and oxygen atoms in total. The lowest BCUT2D eigenvalue weighted by Crippen LogP contribution is -2.40. The molecule has 0 saturated heterocycles. The summed E-state index contributed by atoms with van der Waals surface area (Å²) in [5, 5.41) is 7.63. The second-order valence-electron chi connectivity index (χ2n) is 18.4. The summed E-state index contributed by atoms with van der Waals surface area (Å²) in [6, 6.07) is 88.2. The molecule has 0 unspecified atom stereocenters. The molecule has 0 N–H and O–H groups in total. The van der Waals surface area contributed by atoms with Crippen LogP contribution in [0.3, 0.4) is 0 Å². The summed E-state index contributed by atoms with van der Waals surface area (Å²) >= 11 is 0. The van der Waals surface area contributed by atoms with Crippen LogP contribution in [-0.2, 0) is 10.8 Å². The number of benzene rings is 11. The molecule has 65 heavy (non-hydrogen) atoms. The van der Waals surface area contributed by atoms with Gasteiger partial charge in [0.05, 0.1) is 5.41 Å². The summed E-state index contributed by atoms with van der Waals surface area (Å²) in [6.45, 7) is 4.82. The summed E-state index contributed by atoms with van der Waals surface area (Å²) in [7, 11) is 0. The predicted octanol–water partition coefficient (Wildman–Crippen LogP) is 17.0. The van der Waals surface area contributed by atoms with Crippen LogP contribution in [0.15, 0.2) is 237 Å². The molecular weight excluding hydrogens is 783 g/mol. The largest absolute Gasteiger partial charge is 0.310 e. The number of hydrogen-bond donors (Lipinski definition) is 0. The van der Waals surface area contributed by atoms with Gasteiger partial charge in [0.1, 0.15) is 0 Å². The van der Waals surface area contributed by atoms with Gasteiger partial charge in [0.15, 0.2) is 0 Å². The number of fused-ring (bicyclic) bond motifs is 15. The van der Waals surface area contributed by atoms with Crippen molar-refractivity contribution in [2.75, 3.05) is 4.90 Å². The molecular formula is C64H45N. The molecule has 0 fully saturated rings. The first-order valence-corrected chi connectivity index (χ1v) is 22.8. The number of anilines is 3. The van der Waals surface area contributed by atoms with Gasteiger partial charge >= 0.3 is 0 Å². The van der Waals surface area contributed by atoms with Crippen LogP contribution in [0.2, 0.25) is 0 Å². The Morgan fingerprint density at radius 3 is 1.25 bits per heavy atom. The Labute approximate surface area is 380 Å². The molecule has 1 heteroatoms. The summed E-state index contributed by atoms with van der Waals surface area (Å²) in [5.74, 6) is 0. The lowest BCUT2D eigenvalue weighted by Gasteiger charge is -2.46. The first-order chi connectivity index (χ1) is 32.0. The van der Waals surface area contributed by atoms with Crippen LogP contribution in [0, 0.1) is 0 Å². The fourth-order valence-electron chi connectivity index (χ4n) is 11.7. The number of nitrogens with zero attached hydrogens (tertiary/aromatic N) is 1. The Bertz CT molecular complexity index is 3590. The van der Waals surface area contributed by atoms with E-state index in [1.807, 2.05) is 0 Å². The van der Waals surface area contributed by atoms with Crippen LogP contribution in [0.5, 0.6) is 0 Å². The molecule has 0 amide bonds. The van der Waals surface area contributed by atoms with E-state index >= 15 is 0 Å². The van der Waals surface area contributed by atoms with Gasteiger partial charge in [-0.2, -0.15) is 0 Å². The molecule has 0 aliphatic heterocycles. The topological polar surface area (TPSA) is 3.24 Å². The van der Waals surface area contributed by atoms with Gasteiger partial charge in [0.2, 0.25) is 0 Å². The Morgan fingerprint density at radius 1 is 0.262 bits per heavy atom. The third-order valence-corrected chi connectivity index (χ3v) is 14.7. The highest BCUT2D eigenvalue weighted by Gasteiger charge is 2.53. The number of hydrogen-bond acceptors (Lipinski definition) is 1. The molecule has 2 aliphatic rings. The van der Waals surface area contributed by atoms with E-state index in [1.165, 1.54) is 99.1 Å². The van der Waals surface area contributed by atoms with Gasteiger partial charge in [-0.1, -0.05) is 208 Å². The Hall–Kier alpha value is -8.00. The second kappa shape index (κ2) is 14.3. The fraction of sp³-hybridized carbons (Fsp3) is 0.0625. The average Bonchev–Trinajstić information content (AvgIpc) is 3.67. The maximum atomic E-state index is 2.49. The van der Waals surface area contributed by atoms with Gasteiger partial charge in [0, 0.05) is 22.5 Å². The van der Waals surface area contributed by atoms with Gasteiger partial charge in [-0.15, -0.1) is 0 Å². The highest BCUT2D eigenvalue weighted by atomic mass is 15.1. The Kier molecular flexibility index (Phi) is 8.24. The molecule has 0 radical (unpaired) electrons. The molecule has 11 aromatic rings. The maximum Gasteiger partial charge on any atom is 0.0719 e. The van der Waals surface area contributed by atoms with Gasteiger partial charge < -0.3 is 4.90 Å². The van der Waals surface area contributed by atoms with Crippen molar-refractivity contribution in [2.24, 2.45) is 0 Å². The molecule has 11 aromatic carbocycles. The van der Waals surface area contributed by atoms with Crippen LogP contribution in [0.1, 0.15) is 47.2 Å². The molecule has 0 aromatic heterocycles. The van der Waals surface area contributed by atoms with E-state index < -0.39 is 5.41 Å². The van der Waals surface area contributed by atoms with Crippen molar-refractivity contribution in [2.45, 2.75) is 24.7 Å². The van der Waals surface area contributed by atoms with E-state index in [9.17, 15) is 0 Å². The molecule has 306 valence electrons. The lowest BCUT2D eigenvalue weighted by molar-refractivity contribution is 0.563. The van der Waals surface area contributed by atoms with Crippen LogP contribution in [0.25, 0.3) is 65.7 Å². The summed E-state index contributed by atoms with van der Waals surface area (Å²) in [4.78, 5) is 2.41. The summed E-state index contributed by atoms with van der Waals surface area (Å²) in [6.07, 6.45) is 0. The van der Waals surface area contributed by atoms with Crippen molar-refractivity contribution >= 4 is 49.4 Å². The van der Waals surface area contributed by atoms with E-state index in [4.69, 9.17) is 0 Å². The molecule has 0 saturated carbocycles. The zero-order chi connectivity index (χ0) is 43.3. The van der Waals surface area contributed by atoms with E-state index in [0.29, 0.717) is 0 Å². The molecule has 2 aliphatic carbocycles. The highest BCUT2D eigenvalue weighted by molar-refractivity contribution is 6.25. The normalized spacial score (nSPS) is 13.9. The van der Waals surface area contributed by atoms with Crippen molar-refractivity contribution in [3.05, 3.63) is 270 Å². The average molecular weight is 828 g/mol. The number of rotatable bonds is 5. The van der Waals surface area contributed by atoms with Gasteiger partial charge in [-0.05, 0) is 142 Å². The molecule has 0 bridgehead atoms. The standard InChI is InChI=1S/C64H45N/c1-63(2)59-26-14-15-27-60(59)64(57-24-12-10-22-54(57)55-23-11-13-25-58(55)64)61-39-32-45(40-62(61)63)44-30-35-47(36-31-44)65(46-33-28-43(29-34-46)42-16-4-3-5-17-42)48-37-38-53-51-20-7-6-18-49(51)50-19-8-9-21-52(50)56(53)41-48/h3-41H,1-2H3. The van der Waals surface area contributed by atoms with Gasteiger partial charge in [-0.25, -0.2) is 0 Å². The van der Waals surface area contributed by atoms with E-state index in [0.717, 1.165) is 17.1 Å². The molecule has 0 heterocycles. The monoisotopic (exact) mass is 827 g/mol. The lowest BCUT2D eigenvalue weighted by atomic mass is 9.55. The maximum absolute atomic E-state index is 2.49. The second-order valence-corrected chi connectivity index (χ2v) is 18.4. The zero-order valence-electron chi connectivity index (χ0n) is 36.5. The Balaban J connectivity index is 0.959. The van der Waals surface area contributed by atoms with E-state index in [-0.39, 0.29) is 5.41 Å². The zero-order valence-corrected chi connectivity index (χ0v) is 36.5. The smallest absolute Gasteiger partial charge is 0.0719 e. The minimum Gasteiger partial charge on any atom is -0.310 e. The summed E-state index contributed by atoms with van der Waals surface area (Å²) in [5.41, 5.74) is 18.5. The van der Waals surface area contributed by atoms with Crippen LogP contribution in [-0.4, -0.2) is 0 Å². The van der Waals surface area contributed by atoms with E-state index in [2.05, 4.69) is 255 Å². The van der Waals surface area contributed by atoms with Crippen molar-refractivity contribution in [3.63, 3.8) is 0 Å². The van der Waals surface area contributed by atoms with Crippen molar-refractivity contribution in [1.82, 2.24) is 0 Å². The van der Waals surface area contributed by atoms with Crippen LogP contribution < -0.4 is 4.90 Å². The molecule has 13 rings (SSSR count). The molecule has 1 spiro atoms. The van der Waals surface area contributed by atoms with Crippen molar-refractivity contribution in [3.8, 4) is 33.4 Å². The minimum absolute atomic E-state index is 0.214. The fourth-order valence-corrected chi connectivity index (χ4v) is 11.7. The minimum atomic E-state index is -0.398. The van der Waals surface area contributed by atoms with Crippen molar-refractivity contribution < 1.29 is 0 Å². The highest BCUT2D eigenvalue weighted by Crippen LogP contribution is 2.62. The van der Waals surface area contributed by atoms with Crippen LogP contribution in [0.4, 0.5) is 17.1 Å². The van der Waals surface area contributed by atoms with Gasteiger partial charge in [0.25, 0.3) is 0 Å². The first-order valence-electron chi connectivity index (χ1n) is 22.8. The SMILES string of the molecule is CC1(C)c2ccccc2C2(c3ccccc3-c3ccccc32)c2ccc(-c3ccc(N(c4ccc(-c5ccccc5)cc4)c4ccc5c6ccccc6c6ccccc6c5c4)cc3)cc21. The molecule has 0 atom stereocenters. The quantitative estimate of drug-likeness (QED) is 0.156. The van der Waals surface area contributed by atoms with E-state index in [1.54, 1.807) is 0 Å². The summed E-state index contributed by atoms with van der Waals surface area (Å²) < 4.78 is 0. The third kappa shape index (κ3) is 5.46. The van der Waals surface area contributed by atoms with Crippen molar-refractivity contribution in [1.29, 1.82) is 0 Å². The predicted molar refractivity (Wildman–Crippen MR) is 274 cm³/mol. The van der Waals surface area contributed by atoms with Crippen LogP contribution >= 0.6 is 0 Å². The third-order valence-electron chi connectivity index (χ3n) is 14.7. The van der Waals surface area contributed by atoms with Gasteiger partial charge in [-0.3, -0.25) is 0 Å². The first kappa shape index (κ1) is 37.5.